The van der Waals surface area contributed by atoms with Gasteiger partial charge in [-0.05, 0) is 652 Å². The van der Waals surface area contributed by atoms with E-state index in [0.29, 0.717) is 0 Å². The van der Waals surface area contributed by atoms with Crippen LogP contribution in [0, 0.1) is 372 Å². The molecule has 0 bridgehead atoms. The van der Waals surface area contributed by atoms with Crippen LogP contribution in [0.1, 0.15) is 330 Å². The van der Waals surface area contributed by atoms with Crippen molar-refractivity contribution in [3.05, 3.63) is 306 Å². The van der Waals surface area contributed by atoms with Crippen LogP contribution in [0.4, 0.5) is 28.4 Å². The van der Waals surface area contributed by atoms with E-state index in [1.807, 2.05) is 0 Å². The molecule has 5 nitrogen and oxygen atoms in total. The second-order valence-corrected chi connectivity index (χ2v) is 57.4. The first-order chi connectivity index (χ1) is 56.9. The maximum atomic E-state index is 4.95. The Hall–Kier alpha value is -6.13. The van der Waals surface area contributed by atoms with Gasteiger partial charge in [0.2, 0.25) is 0 Å². The average molecular weight is 2020 g/mol. The SMILES string of the molecule is Cc1c(C)c(C)c(C=Nc2c(C)c(C)c(C)c(C)c2C)c(C)c1C.Cc1c(C)c(C)c(N[C@H](c2c(C)c(C)c(C)c(C)c2C)[C@@H](Nc2c(C)c(C)c(C)c(C)c2C)c2c(C)c(C)c(C)c(C)c2C)c(C)c1C.Cc1c(C)c(C)c(N[C@H](c2c(C)c(C)c(C)c(C)c2C)[C@H](Nc2c(C)c(C)c(C)c(C)c2C)c2c(C)c(C)c(C)c(C)c2C)c(C)c1C.[I][Sm][I]. The summed E-state index contributed by atoms with van der Waals surface area (Å²) >= 11 is 5.07. The van der Waals surface area contributed by atoms with Crippen molar-refractivity contribution >= 4 is 63.2 Å². The molecule has 664 valence electrons. The summed E-state index contributed by atoms with van der Waals surface area (Å²) in [6.45, 7) is 114. The van der Waals surface area contributed by atoms with Crippen molar-refractivity contribution in [3.63, 3.8) is 0 Å². The number of hydrogen-bond donors (Lipinski definition) is 4. The molecule has 0 heterocycles. The normalized spacial score (nSPS) is 12.4. The fraction of sp³-hybridized carbons (Fsp3) is 0.470. The van der Waals surface area contributed by atoms with Crippen LogP contribution in [-0.4, -0.2) is 6.21 Å². The van der Waals surface area contributed by atoms with E-state index in [1.165, 1.54) is 329 Å². The summed E-state index contributed by atoms with van der Waals surface area (Å²) in [5, 5.41) is 17.4. The van der Waals surface area contributed by atoms with E-state index in [2.05, 4.69) is 402 Å². The summed E-state index contributed by atoms with van der Waals surface area (Å²) in [4.78, 5) is 4.95. The zero-order chi connectivity index (χ0) is 93.9. The Balaban J connectivity index is 0.000000263. The molecule has 123 heavy (non-hydrogen) atoms. The molecule has 0 radical (unpaired) electrons. The van der Waals surface area contributed by atoms with Crippen molar-refractivity contribution in [3.8, 4) is 0 Å². The molecule has 4 atom stereocenters. The number of anilines is 4. The van der Waals surface area contributed by atoms with Crippen LogP contribution in [0.25, 0.3) is 0 Å². The maximum absolute atomic E-state index is 4.95. The second kappa shape index (κ2) is 41.1. The Morgan fingerprint density at radius 2 is 0.268 bits per heavy atom. The van der Waals surface area contributed by atoms with Crippen LogP contribution >= 0.6 is 28.6 Å². The Labute approximate surface area is 783 Å². The molecule has 0 aliphatic rings. The van der Waals surface area contributed by atoms with Gasteiger partial charge in [0.25, 0.3) is 0 Å². The van der Waals surface area contributed by atoms with E-state index >= 15 is 0 Å². The fourth-order valence-corrected chi connectivity index (χ4v) is 20.3. The van der Waals surface area contributed by atoms with Crippen LogP contribution in [0.5, 0.6) is 0 Å². The monoisotopic (exact) mass is 2020 g/mol. The van der Waals surface area contributed by atoms with Crippen molar-refractivity contribution < 1.29 is 25.5 Å². The minimum atomic E-state index is -0.0403. The van der Waals surface area contributed by atoms with Crippen LogP contribution in [-0.2, 0) is 0 Å². The van der Waals surface area contributed by atoms with Crippen LogP contribution in [0.15, 0.2) is 4.99 Å². The van der Waals surface area contributed by atoms with E-state index in [9.17, 15) is 0 Å². The molecule has 0 unspecified atom stereocenters. The molecule has 0 saturated heterocycles. The molecule has 0 spiro atoms. The van der Waals surface area contributed by atoms with Gasteiger partial charge >= 0.3 is 54.0 Å². The third-order valence-corrected chi connectivity index (χ3v) is 33.7. The van der Waals surface area contributed by atoms with Gasteiger partial charge in [-0.25, -0.2) is 0 Å². The molecular formula is C115H159I2N5Sm. The Bertz CT molecular complexity index is 4990. The van der Waals surface area contributed by atoms with Crippen LogP contribution < -0.4 is 21.3 Å². The Morgan fingerprint density at radius 1 is 0.163 bits per heavy atom. The molecule has 0 saturated carbocycles. The summed E-state index contributed by atoms with van der Waals surface area (Å²) in [5.41, 5.74) is 81.8. The van der Waals surface area contributed by atoms with Gasteiger partial charge < -0.3 is 21.3 Å². The van der Waals surface area contributed by atoms with Crippen LogP contribution in [0.2, 0.25) is 0 Å². The first-order valence-electron chi connectivity index (χ1n) is 45.1. The van der Waals surface area contributed by atoms with E-state index < -0.39 is 0 Å². The summed E-state index contributed by atoms with van der Waals surface area (Å²) in [6, 6.07) is -0.161. The summed E-state index contributed by atoms with van der Waals surface area (Å²) in [6.07, 6.45) is 2.08. The molecule has 0 aliphatic carbocycles. The molecule has 10 aromatic carbocycles. The number of halogens is 2. The van der Waals surface area contributed by atoms with Gasteiger partial charge in [-0.15, -0.1) is 0 Å². The van der Waals surface area contributed by atoms with E-state index in [0.717, 1.165) is 5.69 Å². The van der Waals surface area contributed by atoms with E-state index in [4.69, 9.17) is 4.99 Å². The number of benzene rings is 10. The molecule has 0 aromatic heterocycles. The first kappa shape index (κ1) is 104. The van der Waals surface area contributed by atoms with Crippen molar-refractivity contribution in [2.24, 2.45) is 4.99 Å². The van der Waals surface area contributed by atoms with Gasteiger partial charge in [-0.1, -0.05) is 0 Å². The van der Waals surface area contributed by atoms with Gasteiger partial charge in [-0.2, -0.15) is 0 Å². The number of rotatable bonds is 16. The fourth-order valence-electron chi connectivity index (χ4n) is 20.3. The number of hydrogen-bond acceptors (Lipinski definition) is 5. The molecule has 10 rings (SSSR count). The predicted octanol–water partition coefficient (Wildman–Crippen LogP) is 34.0. The molecule has 10 aromatic rings. The summed E-state index contributed by atoms with van der Waals surface area (Å²) in [5.74, 6) is 0. The molecule has 0 amide bonds. The van der Waals surface area contributed by atoms with Crippen molar-refractivity contribution in [2.75, 3.05) is 21.3 Å². The molecule has 0 aliphatic heterocycles. The van der Waals surface area contributed by atoms with Gasteiger partial charge in [0.15, 0.2) is 0 Å². The predicted molar refractivity (Wildman–Crippen MR) is 562 cm³/mol. The minimum absolute atomic E-state index is 0.0403. The third-order valence-electron chi connectivity index (χ3n) is 33.7. The second-order valence-electron chi connectivity index (χ2n) is 38.0. The zero-order valence-corrected chi connectivity index (χ0v) is 93.4. The quantitative estimate of drug-likeness (QED) is 0.0575. The van der Waals surface area contributed by atoms with Gasteiger partial charge in [0.05, 0.1) is 29.9 Å². The average Bonchev–Trinajstić information content (AvgIpc) is 0.742. The van der Waals surface area contributed by atoms with Gasteiger partial charge in [0.1, 0.15) is 0 Å². The number of nitrogens with one attached hydrogen (secondary N) is 4. The third kappa shape index (κ3) is 19.3. The van der Waals surface area contributed by atoms with E-state index in [1.54, 1.807) is 0 Å². The first-order valence-corrected chi connectivity index (χ1v) is 60.1. The number of aliphatic imine (C=N–C) groups is 1. The molecular weight excluding hydrogens is 1860 g/mol. The topological polar surface area (TPSA) is 60.5 Å². The van der Waals surface area contributed by atoms with Gasteiger partial charge in [-0.3, -0.25) is 4.99 Å². The molecule has 8 heteroatoms. The molecule has 0 fully saturated rings. The Kier molecular flexibility index (Phi) is 34.7. The summed E-state index contributed by atoms with van der Waals surface area (Å²) < 4.78 is 0. The molecule has 4 N–H and O–H groups in total. The summed E-state index contributed by atoms with van der Waals surface area (Å²) in [7, 11) is 0. The standard InChI is InChI=1S/2C46H64N2.C23H31N.2HI.Sm/c2*1-21-25(5)33(13)41(34(14)26(21)6)45(47-43-37(17)29(9)23(3)30(10)38(43)18)46(42-35(15)27(7)22(2)28(8)36(42)16)48-44-39(19)31(11)24(4)32(12)40(44)20;1-12-14(3)18(7)22(19(8)15(12)4)11-24-23-20(9)16(5)13(2)17(6)21(23)10;;;/h2*45-48H,1-20H3;11H,1-10H3;2*1H;/q;;;;;+2/p-2/t45-,46+;45-,46-;;;;/m.1..../s1. The Morgan fingerprint density at radius 3 is 0.407 bits per heavy atom. The van der Waals surface area contributed by atoms with Crippen LogP contribution in [0.3, 0.4) is 0 Å². The van der Waals surface area contributed by atoms with Crippen molar-refractivity contribution in [2.45, 2.75) is 370 Å². The van der Waals surface area contributed by atoms with E-state index in [-0.39, 0.29) is 49.6 Å². The zero-order valence-electron chi connectivity index (χ0n) is 86.5. The van der Waals surface area contributed by atoms with Crippen molar-refractivity contribution in [1.82, 2.24) is 0 Å². The van der Waals surface area contributed by atoms with Gasteiger partial charge in [0, 0.05) is 29.0 Å². The van der Waals surface area contributed by atoms with Crippen molar-refractivity contribution in [1.29, 1.82) is 0 Å². The number of nitrogens with zero attached hydrogens (tertiary/aromatic N) is 1.